The average molecular weight is 160 g/mol. The number of nitrogens with two attached hydrogens (primary N) is 1. The molecule has 0 aromatic rings. The first-order valence-electron chi connectivity index (χ1n) is 3.27. The van der Waals surface area contributed by atoms with Crippen LogP contribution >= 0.6 is 0 Å². The second-order valence-corrected chi connectivity index (χ2v) is 2.25. The Kier molecular flexibility index (Phi) is 4.21. The molecule has 1 atom stereocenters. The Morgan fingerprint density at radius 2 is 2.18 bits per heavy atom. The highest BCUT2D eigenvalue weighted by atomic mass is 16.4. The molecule has 0 radical (unpaired) electrons. The Morgan fingerprint density at radius 1 is 1.64 bits per heavy atom. The van der Waals surface area contributed by atoms with Crippen molar-refractivity contribution in [2.75, 3.05) is 13.1 Å². The van der Waals surface area contributed by atoms with E-state index in [0.717, 1.165) is 0 Å². The summed E-state index contributed by atoms with van der Waals surface area (Å²) >= 11 is 0. The molecule has 4 N–H and O–H groups in total. The van der Waals surface area contributed by atoms with Gasteiger partial charge in [-0.1, -0.05) is 6.92 Å². The van der Waals surface area contributed by atoms with Gasteiger partial charge in [-0.15, -0.1) is 0 Å². The van der Waals surface area contributed by atoms with E-state index >= 15 is 0 Å². The average Bonchev–Trinajstić information content (AvgIpc) is 1.99. The van der Waals surface area contributed by atoms with Gasteiger partial charge in [0.05, 0.1) is 12.5 Å². The SMILES string of the molecule is CC(CNC(=O)CN)C(=O)O. The number of carbonyl (C=O) groups is 2. The molecule has 0 aliphatic rings. The molecule has 5 heteroatoms. The quantitative estimate of drug-likeness (QED) is 0.480. The van der Waals surface area contributed by atoms with Crippen LogP contribution in [0.25, 0.3) is 0 Å². The van der Waals surface area contributed by atoms with Gasteiger partial charge >= 0.3 is 5.97 Å². The lowest BCUT2D eigenvalue weighted by atomic mass is 10.2. The van der Waals surface area contributed by atoms with E-state index < -0.39 is 11.9 Å². The molecule has 0 fully saturated rings. The fraction of sp³-hybridized carbons (Fsp3) is 0.667. The predicted molar refractivity (Wildman–Crippen MR) is 38.9 cm³/mol. The van der Waals surface area contributed by atoms with Crippen molar-refractivity contribution in [3.05, 3.63) is 0 Å². The third kappa shape index (κ3) is 4.32. The van der Waals surface area contributed by atoms with Gasteiger partial charge < -0.3 is 16.2 Å². The molecule has 1 amide bonds. The second-order valence-electron chi connectivity index (χ2n) is 2.25. The first-order chi connectivity index (χ1) is 5.07. The minimum atomic E-state index is -0.928. The zero-order chi connectivity index (χ0) is 8.85. The van der Waals surface area contributed by atoms with Gasteiger partial charge in [0, 0.05) is 6.54 Å². The predicted octanol–water partition coefficient (Wildman–Crippen LogP) is -1.22. The van der Waals surface area contributed by atoms with Gasteiger partial charge in [-0.2, -0.15) is 0 Å². The Balaban J connectivity index is 3.54. The molecule has 0 aromatic heterocycles. The van der Waals surface area contributed by atoms with Gasteiger partial charge in [0.2, 0.25) is 5.91 Å². The maximum atomic E-state index is 10.5. The van der Waals surface area contributed by atoms with Crippen LogP contribution in [0.5, 0.6) is 0 Å². The minimum Gasteiger partial charge on any atom is -0.481 e. The minimum absolute atomic E-state index is 0.105. The molecule has 11 heavy (non-hydrogen) atoms. The van der Waals surface area contributed by atoms with E-state index in [1.165, 1.54) is 6.92 Å². The Morgan fingerprint density at radius 3 is 2.55 bits per heavy atom. The second kappa shape index (κ2) is 4.68. The molecule has 0 aromatic carbocycles. The van der Waals surface area contributed by atoms with Gasteiger partial charge in [0.25, 0.3) is 0 Å². The molecule has 0 bridgehead atoms. The monoisotopic (exact) mass is 160 g/mol. The van der Waals surface area contributed by atoms with Crippen LogP contribution in [-0.4, -0.2) is 30.1 Å². The van der Waals surface area contributed by atoms with E-state index in [0.29, 0.717) is 0 Å². The van der Waals surface area contributed by atoms with Crippen LogP contribution in [0.15, 0.2) is 0 Å². The number of hydrogen-bond donors (Lipinski definition) is 3. The van der Waals surface area contributed by atoms with Crippen molar-refractivity contribution >= 4 is 11.9 Å². The Hall–Kier alpha value is -1.10. The van der Waals surface area contributed by atoms with Crippen LogP contribution in [-0.2, 0) is 9.59 Å². The molecule has 0 rings (SSSR count). The highest BCUT2D eigenvalue weighted by Gasteiger charge is 2.10. The highest BCUT2D eigenvalue weighted by Crippen LogP contribution is 1.90. The number of rotatable bonds is 4. The van der Waals surface area contributed by atoms with E-state index in [1.807, 2.05) is 0 Å². The summed E-state index contributed by atoms with van der Waals surface area (Å²) in [6.07, 6.45) is 0. The molecule has 1 unspecified atom stereocenters. The molecule has 5 nitrogen and oxygen atoms in total. The molecule has 0 aliphatic heterocycles. The van der Waals surface area contributed by atoms with E-state index in [4.69, 9.17) is 10.8 Å². The van der Waals surface area contributed by atoms with Crippen molar-refractivity contribution in [3.8, 4) is 0 Å². The third-order valence-corrected chi connectivity index (χ3v) is 1.21. The number of nitrogens with one attached hydrogen (secondary N) is 1. The van der Waals surface area contributed by atoms with Crippen molar-refractivity contribution in [3.63, 3.8) is 0 Å². The summed E-state index contributed by atoms with van der Waals surface area (Å²) in [6, 6.07) is 0. The third-order valence-electron chi connectivity index (χ3n) is 1.21. The van der Waals surface area contributed by atoms with Crippen LogP contribution < -0.4 is 11.1 Å². The largest absolute Gasteiger partial charge is 0.481 e. The van der Waals surface area contributed by atoms with E-state index in [9.17, 15) is 9.59 Å². The number of hydrogen-bond acceptors (Lipinski definition) is 3. The van der Waals surface area contributed by atoms with Gasteiger partial charge in [0.1, 0.15) is 0 Å². The Bertz CT molecular complexity index is 158. The summed E-state index contributed by atoms with van der Waals surface area (Å²) in [6.45, 7) is 1.54. The normalized spacial score (nSPS) is 12.2. The standard InChI is InChI=1S/C6H12N2O3/c1-4(6(10)11)3-8-5(9)2-7/h4H,2-3,7H2,1H3,(H,8,9)(H,10,11). The van der Waals surface area contributed by atoms with Crippen molar-refractivity contribution in [2.24, 2.45) is 11.7 Å². The summed E-state index contributed by atoms with van der Waals surface area (Å²) < 4.78 is 0. The van der Waals surface area contributed by atoms with Crippen LogP contribution in [0.3, 0.4) is 0 Å². The van der Waals surface area contributed by atoms with Gasteiger partial charge in [-0.05, 0) is 0 Å². The first-order valence-corrected chi connectivity index (χ1v) is 3.27. The van der Waals surface area contributed by atoms with E-state index in [1.54, 1.807) is 0 Å². The lowest BCUT2D eigenvalue weighted by molar-refractivity contribution is -0.141. The summed E-state index contributed by atoms with van der Waals surface area (Å²) in [4.78, 5) is 20.7. The molecule has 64 valence electrons. The number of carboxylic acids is 1. The molecular weight excluding hydrogens is 148 g/mol. The molecule has 0 spiro atoms. The van der Waals surface area contributed by atoms with E-state index in [2.05, 4.69) is 5.32 Å². The van der Waals surface area contributed by atoms with E-state index in [-0.39, 0.29) is 19.0 Å². The van der Waals surface area contributed by atoms with Crippen molar-refractivity contribution in [1.29, 1.82) is 0 Å². The zero-order valence-corrected chi connectivity index (χ0v) is 6.33. The lowest BCUT2D eigenvalue weighted by Crippen LogP contribution is -2.35. The smallest absolute Gasteiger partial charge is 0.308 e. The first kappa shape index (κ1) is 9.90. The number of carboxylic acid groups (broad SMARTS) is 1. The summed E-state index contributed by atoms with van der Waals surface area (Å²) in [5, 5.41) is 10.8. The number of amides is 1. The van der Waals surface area contributed by atoms with Gasteiger partial charge in [0.15, 0.2) is 0 Å². The molecule has 0 heterocycles. The maximum absolute atomic E-state index is 10.5. The van der Waals surface area contributed by atoms with Crippen LogP contribution in [0.2, 0.25) is 0 Å². The summed E-state index contributed by atoms with van der Waals surface area (Å²) in [7, 11) is 0. The highest BCUT2D eigenvalue weighted by molar-refractivity contribution is 5.78. The summed E-state index contributed by atoms with van der Waals surface area (Å²) in [5.74, 6) is -1.83. The zero-order valence-electron chi connectivity index (χ0n) is 6.33. The molecular formula is C6H12N2O3. The molecule has 0 saturated heterocycles. The van der Waals surface area contributed by atoms with Crippen molar-refractivity contribution in [1.82, 2.24) is 5.32 Å². The molecule has 0 aliphatic carbocycles. The van der Waals surface area contributed by atoms with Crippen LogP contribution in [0, 0.1) is 5.92 Å². The summed E-state index contributed by atoms with van der Waals surface area (Å²) in [5.41, 5.74) is 4.97. The van der Waals surface area contributed by atoms with Gasteiger partial charge in [-0.25, -0.2) is 0 Å². The van der Waals surface area contributed by atoms with Crippen molar-refractivity contribution < 1.29 is 14.7 Å². The van der Waals surface area contributed by atoms with Crippen LogP contribution in [0.4, 0.5) is 0 Å². The Labute approximate surface area is 64.6 Å². The van der Waals surface area contributed by atoms with Crippen LogP contribution in [0.1, 0.15) is 6.92 Å². The number of carbonyl (C=O) groups excluding carboxylic acids is 1. The molecule has 0 saturated carbocycles. The maximum Gasteiger partial charge on any atom is 0.308 e. The fourth-order valence-electron chi connectivity index (χ4n) is 0.426. The number of aliphatic carboxylic acids is 1. The lowest BCUT2D eigenvalue weighted by Gasteiger charge is -2.06. The van der Waals surface area contributed by atoms with Gasteiger partial charge in [-0.3, -0.25) is 9.59 Å². The topological polar surface area (TPSA) is 92.4 Å². The van der Waals surface area contributed by atoms with Crippen molar-refractivity contribution in [2.45, 2.75) is 6.92 Å². The fourth-order valence-corrected chi connectivity index (χ4v) is 0.426.